The number of rotatable bonds is 5. The second-order valence-electron chi connectivity index (χ2n) is 4.03. The summed E-state index contributed by atoms with van der Waals surface area (Å²) in [6, 6.07) is 1.34. The number of hydrogen-bond donors (Lipinski definition) is 0. The molecule has 0 radical (unpaired) electrons. The molecule has 0 aliphatic carbocycles. The Labute approximate surface area is 74.0 Å². The first-order chi connectivity index (χ1) is 4.98. The zero-order valence-electron chi connectivity index (χ0n) is 8.61. The Bertz CT molecular complexity index is 102. The van der Waals surface area contributed by atoms with Gasteiger partial charge in [0.15, 0.2) is 17.4 Å². The topological polar surface area (TPSA) is 9.23 Å². The third-order valence-corrected chi connectivity index (χ3v) is 7.68. The fraction of sp³-hybridized carbons (Fsp3) is 1.00. The van der Waals surface area contributed by atoms with Crippen LogP contribution < -0.4 is 0 Å². The van der Waals surface area contributed by atoms with Crippen LogP contribution >= 0.6 is 0 Å². The Balaban J connectivity index is 3.61. The van der Waals surface area contributed by atoms with Crippen molar-refractivity contribution in [1.29, 1.82) is 0 Å². The van der Waals surface area contributed by atoms with Gasteiger partial charge in [-0.2, -0.15) is 0 Å². The largest absolute Gasteiger partial charge is 0.458 e. The van der Waals surface area contributed by atoms with Crippen molar-refractivity contribution < 1.29 is 4.12 Å². The summed E-state index contributed by atoms with van der Waals surface area (Å²) in [5.41, 5.74) is 0. The lowest BCUT2D eigenvalue weighted by Crippen LogP contribution is -2.34. The van der Waals surface area contributed by atoms with Crippen molar-refractivity contribution in [1.82, 2.24) is 0 Å². The maximum atomic E-state index is 6.02. The van der Waals surface area contributed by atoms with E-state index in [2.05, 4.69) is 33.1 Å². The summed E-state index contributed by atoms with van der Waals surface area (Å²) in [5, 5.41) is 0. The predicted molar refractivity (Wildman–Crippen MR) is 57.2 cm³/mol. The van der Waals surface area contributed by atoms with Gasteiger partial charge in [-0.3, -0.25) is 0 Å². The highest BCUT2D eigenvalue weighted by Crippen LogP contribution is 2.15. The van der Waals surface area contributed by atoms with Crippen molar-refractivity contribution >= 4 is 17.4 Å². The standard InChI is InChI=1S/C8H22OSi2/c1-6-7-8-11(4,5)9-10(2)3/h10H,6-8H2,1-5H3. The molecular weight excluding hydrogens is 168 g/mol. The normalized spacial score (nSPS) is 12.5. The first-order valence-electron chi connectivity index (χ1n) is 4.66. The maximum absolute atomic E-state index is 6.02. The molecule has 0 spiro atoms. The minimum absolute atomic E-state index is 0.776. The Morgan fingerprint density at radius 2 is 1.82 bits per heavy atom. The smallest absolute Gasteiger partial charge is 0.173 e. The maximum Gasteiger partial charge on any atom is 0.173 e. The molecule has 0 saturated carbocycles. The third-order valence-electron chi connectivity index (χ3n) is 1.69. The fourth-order valence-corrected chi connectivity index (χ4v) is 8.08. The summed E-state index contributed by atoms with van der Waals surface area (Å²) in [5.74, 6) is 0. The zero-order chi connectivity index (χ0) is 8.91. The highest BCUT2D eigenvalue weighted by Gasteiger charge is 2.22. The molecule has 0 aromatic rings. The molecular formula is C8H22OSi2. The quantitative estimate of drug-likeness (QED) is 0.606. The van der Waals surface area contributed by atoms with Crippen LogP contribution in [0.5, 0.6) is 0 Å². The van der Waals surface area contributed by atoms with Crippen LogP contribution in [0.4, 0.5) is 0 Å². The van der Waals surface area contributed by atoms with Crippen molar-refractivity contribution in [2.45, 2.75) is 52.0 Å². The fourth-order valence-electron chi connectivity index (χ4n) is 1.30. The lowest BCUT2D eigenvalue weighted by Gasteiger charge is -2.25. The van der Waals surface area contributed by atoms with E-state index in [1.165, 1.54) is 18.9 Å². The van der Waals surface area contributed by atoms with Crippen LogP contribution in [0.15, 0.2) is 0 Å². The van der Waals surface area contributed by atoms with Gasteiger partial charge in [-0.25, -0.2) is 0 Å². The van der Waals surface area contributed by atoms with Crippen molar-refractivity contribution in [3.63, 3.8) is 0 Å². The zero-order valence-corrected chi connectivity index (χ0v) is 10.8. The minimum Gasteiger partial charge on any atom is -0.458 e. The Hall–Kier alpha value is 0.394. The Kier molecular flexibility index (Phi) is 5.30. The van der Waals surface area contributed by atoms with Gasteiger partial charge < -0.3 is 4.12 Å². The Morgan fingerprint density at radius 1 is 1.27 bits per heavy atom. The van der Waals surface area contributed by atoms with E-state index >= 15 is 0 Å². The van der Waals surface area contributed by atoms with Gasteiger partial charge in [0.2, 0.25) is 0 Å². The Morgan fingerprint density at radius 3 is 2.18 bits per heavy atom. The molecule has 0 aromatic heterocycles. The summed E-state index contributed by atoms with van der Waals surface area (Å²) in [4.78, 5) is 0. The lowest BCUT2D eigenvalue weighted by atomic mass is 10.4. The van der Waals surface area contributed by atoms with Crippen LogP contribution in [0.3, 0.4) is 0 Å². The molecule has 0 aliphatic heterocycles. The molecule has 0 aromatic carbocycles. The van der Waals surface area contributed by atoms with Crippen molar-refractivity contribution in [2.75, 3.05) is 0 Å². The van der Waals surface area contributed by atoms with Gasteiger partial charge in [-0.05, 0) is 32.2 Å². The van der Waals surface area contributed by atoms with E-state index in [0.717, 1.165) is 0 Å². The van der Waals surface area contributed by atoms with Gasteiger partial charge in [0.1, 0.15) is 0 Å². The summed E-state index contributed by atoms with van der Waals surface area (Å²) < 4.78 is 6.02. The van der Waals surface area contributed by atoms with Crippen LogP contribution in [-0.2, 0) is 4.12 Å². The van der Waals surface area contributed by atoms with E-state index < -0.39 is 17.4 Å². The van der Waals surface area contributed by atoms with Gasteiger partial charge in [0.05, 0.1) is 0 Å². The highest BCUT2D eigenvalue weighted by molar-refractivity contribution is 6.77. The van der Waals surface area contributed by atoms with Crippen molar-refractivity contribution in [2.24, 2.45) is 0 Å². The molecule has 0 atom stereocenters. The predicted octanol–water partition coefficient (Wildman–Crippen LogP) is 2.99. The van der Waals surface area contributed by atoms with Gasteiger partial charge >= 0.3 is 0 Å². The third kappa shape index (κ3) is 6.78. The lowest BCUT2D eigenvalue weighted by molar-refractivity contribution is 0.565. The molecule has 0 saturated heterocycles. The number of unbranched alkanes of at least 4 members (excludes halogenated alkanes) is 1. The van der Waals surface area contributed by atoms with E-state index in [1.807, 2.05) is 0 Å². The monoisotopic (exact) mass is 190 g/mol. The average molecular weight is 190 g/mol. The second-order valence-corrected chi connectivity index (χ2v) is 11.1. The van der Waals surface area contributed by atoms with Gasteiger partial charge in [0, 0.05) is 0 Å². The van der Waals surface area contributed by atoms with Crippen LogP contribution in [0.1, 0.15) is 19.8 Å². The molecule has 0 rings (SSSR count). The summed E-state index contributed by atoms with van der Waals surface area (Å²) in [7, 11) is -2.00. The van der Waals surface area contributed by atoms with Gasteiger partial charge in [0.25, 0.3) is 0 Å². The average Bonchev–Trinajstić information content (AvgIpc) is 1.81. The molecule has 0 N–H and O–H groups in total. The van der Waals surface area contributed by atoms with E-state index in [-0.39, 0.29) is 0 Å². The van der Waals surface area contributed by atoms with Crippen LogP contribution in [0, 0.1) is 0 Å². The first kappa shape index (κ1) is 11.4. The van der Waals surface area contributed by atoms with Crippen molar-refractivity contribution in [3.8, 4) is 0 Å². The summed E-state index contributed by atoms with van der Waals surface area (Å²) in [6.45, 7) is 11.5. The first-order valence-corrected chi connectivity index (χ1v) is 10.6. The molecule has 0 fully saturated rings. The molecule has 0 bridgehead atoms. The van der Waals surface area contributed by atoms with E-state index in [9.17, 15) is 0 Å². The molecule has 68 valence electrons. The molecule has 0 amide bonds. The molecule has 3 heteroatoms. The van der Waals surface area contributed by atoms with E-state index in [0.29, 0.717) is 0 Å². The van der Waals surface area contributed by atoms with Gasteiger partial charge in [-0.15, -0.1) is 0 Å². The molecule has 11 heavy (non-hydrogen) atoms. The molecule has 1 nitrogen and oxygen atoms in total. The van der Waals surface area contributed by atoms with E-state index in [4.69, 9.17) is 4.12 Å². The highest BCUT2D eigenvalue weighted by atomic mass is 28.4. The van der Waals surface area contributed by atoms with Crippen LogP contribution in [-0.4, -0.2) is 17.4 Å². The molecule has 0 unspecified atom stereocenters. The second kappa shape index (κ2) is 5.11. The van der Waals surface area contributed by atoms with Crippen LogP contribution in [0.2, 0.25) is 32.2 Å². The van der Waals surface area contributed by atoms with E-state index in [1.54, 1.807) is 0 Å². The molecule has 0 heterocycles. The van der Waals surface area contributed by atoms with Crippen molar-refractivity contribution in [3.05, 3.63) is 0 Å². The van der Waals surface area contributed by atoms with Gasteiger partial charge in [-0.1, -0.05) is 19.8 Å². The minimum atomic E-state index is -1.23. The van der Waals surface area contributed by atoms with Crippen LogP contribution in [0.25, 0.3) is 0 Å². The SMILES string of the molecule is CCCC[Si](C)(C)O[SiH](C)C. The summed E-state index contributed by atoms with van der Waals surface area (Å²) in [6.07, 6.45) is 2.65. The summed E-state index contributed by atoms with van der Waals surface area (Å²) >= 11 is 0. The molecule has 0 aliphatic rings. The number of hydrogen-bond acceptors (Lipinski definition) is 1.